The predicted molar refractivity (Wildman–Crippen MR) is 98.9 cm³/mol. The number of carbonyl (C=O) groups is 1. The average molecular weight is 351 g/mol. The van der Waals surface area contributed by atoms with Gasteiger partial charge in [0.1, 0.15) is 11.5 Å². The van der Waals surface area contributed by atoms with Gasteiger partial charge in [-0.2, -0.15) is 0 Å². The number of rotatable bonds is 6. The minimum Gasteiger partial charge on any atom is -0.457 e. The summed E-state index contributed by atoms with van der Waals surface area (Å²) >= 11 is 1.32. The van der Waals surface area contributed by atoms with Crippen molar-refractivity contribution in [3.8, 4) is 11.5 Å². The fourth-order valence-electron chi connectivity index (χ4n) is 2.03. The summed E-state index contributed by atoms with van der Waals surface area (Å²) in [5.74, 6) is 1.38. The molecule has 1 N–H and O–H groups in total. The Kier molecular flexibility index (Phi) is 5.64. The summed E-state index contributed by atoms with van der Waals surface area (Å²) in [7, 11) is 0. The van der Waals surface area contributed by atoms with E-state index in [1.165, 1.54) is 11.8 Å². The minimum atomic E-state index is -0.303. The van der Waals surface area contributed by atoms with E-state index in [1.54, 1.807) is 18.5 Å². The van der Waals surface area contributed by atoms with E-state index in [4.69, 9.17) is 4.74 Å². The molecule has 2 aromatic carbocycles. The van der Waals surface area contributed by atoms with Gasteiger partial charge in [-0.3, -0.25) is 4.79 Å². The first kappa shape index (κ1) is 17.0. The maximum atomic E-state index is 12.3. The molecule has 0 aliphatic carbocycles. The summed E-state index contributed by atoms with van der Waals surface area (Å²) < 4.78 is 5.73. The van der Waals surface area contributed by atoms with Crippen LogP contribution in [0.15, 0.2) is 78.2 Å². The Morgan fingerprint density at radius 2 is 1.60 bits per heavy atom. The van der Waals surface area contributed by atoms with Crippen molar-refractivity contribution < 1.29 is 9.53 Å². The van der Waals surface area contributed by atoms with Crippen LogP contribution in [0.5, 0.6) is 11.5 Å². The number of carbonyl (C=O) groups excluding carboxylic acids is 1. The molecule has 0 aliphatic rings. The predicted octanol–water partition coefficient (Wildman–Crippen LogP) is 4.39. The van der Waals surface area contributed by atoms with Crippen LogP contribution in [0.25, 0.3) is 0 Å². The third kappa shape index (κ3) is 5.06. The number of nitrogens with zero attached hydrogens (tertiary/aromatic N) is 2. The second-order valence-electron chi connectivity index (χ2n) is 5.22. The third-order valence-electron chi connectivity index (χ3n) is 3.29. The molecular formula is C19H17N3O2S. The number of amides is 1. The van der Waals surface area contributed by atoms with Crippen molar-refractivity contribution in [2.75, 3.05) is 5.32 Å². The highest BCUT2D eigenvalue weighted by atomic mass is 32.2. The highest BCUT2D eigenvalue weighted by molar-refractivity contribution is 8.00. The number of aromatic nitrogens is 2. The zero-order valence-corrected chi connectivity index (χ0v) is 14.4. The number of hydrogen-bond acceptors (Lipinski definition) is 5. The molecule has 0 bridgehead atoms. The van der Waals surface area contributed by atoms with Gasteiger partial charge < -0.3 is 10.1 Å². The van der Waals surface area contributed by atoms with E-state index in [0.717, 1.165) is 5.75 Å². The first-order chi connectivity index (χ1) is 12.2. The smallest absolute Gasteiger partial charge is 0.237 e. The maximum absolute atomic E-state index is 12.3. The van der Waals surface area contributed by atoms with E-state index in [1.807, 2.05) is 61.5 Å². The molecule has 0 aliphatic heterocycles. The van der Waals surface area contributed by atoms with E-state index in [9.17, 15) is 4.79 Å². The van der Waals surface area contributed by atoms with Crippen molar-refractivity contribution in [1.29, 1.82) is 0 Å². The topological polar surface area (TPSA) is 64.1 Å². The molecule has 0 saturated heterocycles. The second kappa shape index (κ2) is 8.30. The van der Waals surface area contributed by atoms with Gasteiger partial charge in [-0.05, 0) is 49.4 Å². The normalized spacial score (nSPS) is 11.6. The fraction of sp³-hybridized carbons (Fsp3) is 0.105. The van der Waals surface area contributed by atoms with Gasteiger partial charge in [-0.15, -0.1) is 0 Å². The molecule has 1 amide bonds. The molecule has 0 spiro atoms. The van der Waals surface area contributed by atoms with Gasteiger partial charge in [0.25, 0.3) is 0 Å². The summed E-state index contributed by atoms with van der Waals surface area (Å²) in [5.41, 5.74) is 0.715. The third-order valence-corrected chi connectivity index (χ3v) is 4.28. The lowest BCUT2D eigenvalue weighted by molar-refractivity contribution is -0.115. The molecule has 3 aromatic rings. The van der Waals surface area contributed by atoms with Gasteiger partial charge in [-0.25, -0.2) is 9.97 Å². The zero-order chi connectivity index (χ0) is 17.5. The van der Waals surface area contributed by atoms with E-state index in [0.29, 0.717) is 16.6 Å². The fourth-order valence-corrected chi connectivity index (χ4v) is 2.76. The summed E-state index contributed by atoms with van der Waals surface area (Å²) in [4.78, 5) is 20.5. The Hall–Kier alpha value is -2.86. The van der Waals surface area contributed by atoms with Crippen LogP contribution >= 0.6 is 11.8 Å². The van der Waals surface area contributed by atoms with Gasteiger partial charge in [-0.1, -0.05) is 30.0 Å². The quantitative estimate of drug-likeness (QED) is 0.527. The lowest BCUT2D eigenvalue weighted by Crippen LogP contribution is -2.22. The Morgan fingerprint density at radius 1 is 0.960 bits per heavy atom. The van der Waals surface area contributed by atoms with Crippen LogP contribution in [0, 0.1) is 0 Å². The van der Waals surface area contributed by atoms with Crippen LogP contribution in [0.4, 0.5) is 5.69 Å². The van der Waals surface area contributed by atoms with Crippen molar-refractivity contribution in [2.45, 2.75) is 17.3 Å². The molecule has 0 unspecified atom stereocenters. The number of thioether (sulfide) groups is 1. The minimum absolute atomic E-state index is 0.103. The van der Waals surface area contributed by atoms with E-state index in [-0.39, 0.29) is 11.2 Å². The van der Waals surface area contributed by atoms with Gasteiger partial charge in [0.05, 0.1) is 5.25 Å². The van der Waals surface area contributed by atoms with Crippen LogP contribution in [0.3, 0.4) is 0 Å². The van der Waals surface area contributed by atoms with Gasteiger partial charge in [0, 0.05) is 18.1 Å². The van der Waals surface area contributed by atoms with Gasteiger partial charge in [0.15, 0.2) is 5.16 Å². The lowest BCUT2D eigenvalue weighted by atomic mass is 10.3. The lowest BCUT2D eigenvalue weighted by Gasteiger charge is -2.11. The van der Waals surface area contributed by atoms with Crippen LogP contribution < -0.4 is 10.1 Å². The SMILES string of the molecule is C[C@H](Sc1ncccn1)C(=O)Nc1ccc(Oc2ccccc2)cc1. The van der Waals surface area contributed by atoms with Crippen molar-refractivity contribution in [2.24, 2.45) is 0 Å². The number of ether oxygens (including phenoxy) is 1. The molecule has 0 fully saturated rings. The highest BCUT2D eigenvalue weighted by Crippen LogP contribution is 2.24. The molecule has 25 heavy (non-hydrogen) atoms. The van der Waals surface area contributed by atoms with Crippen molar-refractivity contribution in [1.82, 2.24) is 9.97 Å². The summed E-state index contributed by atoms with van der Waals surface area (Å²) in [5, 5.41) is 3.16. The number of anilines is 1. The van der Waals surface area contributed by atoms with Crippen molar-refractivity contribution in [3.63, 3.8) is 0 Å². The average Bonchev–Trinajstić information content (AvgIpc) is 2.65. The second-order valence-corrected chi connectivity index (χ2v) is 6.53. The summed E-state index contributed by atoms with van der Waals surface area (Å²) in [6, 6.07) is 18.6. The van der Waals surface area contributed by atoms with E-state index in [2.05, 4.69) is 15.3 Å². The molecule has 1 heterocycles. The van der Waals surface area contributed by atoms with Crippen LogP contribution in [-0.4, -0.2) is 21.1 Å². The van der Waals surface area contributed by atoms with E-state index >= 15 is 0 Å². The van der Waals surface area contributed by atoms with E-state index < -0.39 is 0 Å². The molecule has 6 heteroatoms. The number of benzene rings is 2. The molecular weight excluding hydrogens is 334 g/mol. The standard InChI is InChI=1S/C19H17N3O2S/c1-14(25-19-20-12-5-13-21-19)18(23)22-15-8-10-17(11-9-15)24-16-6-3-2-4-7-16/h2-14H,1H3,(H,22,23)/t14-/m0/s1. The Bertz CT molecular complexity index is 811. The first-order valence-corrected chi connectivity index (χ1v) is 8.66. The zero-order valence-electron chi connectivity index (χ0n) is 13.6. The van der Waals surface area contributed by atoms with Gasteiger partial charge >= 0.3 is 0 Å². The monoisotopic (exact) mass is 351 g/mol. The molecule has 1 atom stereocenters. The number of para-hydroxylation sites is 1. The first-order valence-electron chi connectivity index (χ1n) is 7.78. The Labute approximate surface area is 150 Å². The Balaban J connectivity index is 1.56. The molecule has 1 aromatic heterocycles. The molecule has 126 valence electrons. The number of hydrogen-bond donors (Lipinski definition) is 1. The maximum Gasteiger partial charge on any atom is 0.237 e. The van der Waals surface area contributed by atoms with Crippen molar-refractivity contribution >= 4 is 23.4 Å². The molecule has 0 saturated carbocycles. The summed E-state index contributed by atoms with van der Waals surface area (Å²) in [6.07, 6.45) is 3.32. The molecule has 0 radical (unpaired) electrons. The van der Waals surface area contributed by atoms with Crippen LogP contribution in [0.1, 0.15) is 6.92 Å². The molecule has 5 nitrogen and oxygen atoms in total. The van der Waals surface area contributed by atoms with Crippen LogP contribution in [-0.2, 0) is 4.79 Å². The van der Waals surface area contributed by atoms with Crippen molar-refractivity contribution in [3.05, 3.63) is 73.1 Å². The van der Waals surface area contributed by atoms with Crippen LogP contribution in [0.2, 0.25) is 0 Å². The highest BCUT2D eigenvalue weighted by Gasteiger charge is 2.15. The largest absolute Gasteiger partial charge is 0.457 e. The number of nitrogens with one attached hydrogen (secondary N) is 1. The summed E-state index contributed by atoms with van der Waals surface area (Å²) in [6.45, 7) is 1.82. The molecule has 3 rings (SSSR count). The Morgan fingerprint density at radius 3 is 2.28 bits per heavy atom. The van der Waals surface area contributed by atoms with Gasteiger partial charge in [0.2, 0.25) is 5.91 Å².